The van der Waals surface area contributed by atoms with Crippen LogP contribution in [0.5, 0.6) is 5.75 Å². The maximum absolute atomic E-state index is 12.7. The molecule has 0 aliphatic carbocycles. The van der Waals surface area contributed by atoms with E-state index in [-0.39, 0.29) is 19.3 Å². The first-order valence-corrected chi connectivity index (χ1v) is 9.83. The summed E-state index contributed by atoms with van der Waals surface area (Å²) in [5.74, 6) is 0.577. The molecule has 0 amide bonds. The van der Waals surface area contributed by atoms with Gasteiger partial charge < -0.3 is 24.3 Å². The number of benzene rings is 2. The predicted molar refractivity (Wildman–Crippen MR) is 112 cm³/mol. The van der Waals surface area contributed by atoms with Gasteiger partial charge in [0.1, 0.15) is 35.4 Å². The number of carbonyl (C=O) groups excluding carboxylic acids is 1. The number of hydrogen-bond donors (Lipinski definition) is 2. The van der Waals surface area contributed by atoms with Crippen molar-refractivity contribution in [2.45, 2.75) is 32.9 Å². The highest BCUT2D eigenvalue weighted by Gasteiger charge is 2.23. The number of hydrogen-bond acceptors (Lipinski definition) is 6. The van der Waals surface area contributed by atoms with Gasteiger partial charge in [0.15, 0.2) is 0 Å². The van der Waals surface area contributed by atoms with E-state index in [1.165, 1.54) is 0 Å². The van der Waals surface area contributed by atoms with E-state index in [0.717, 1.165) is 5.56 Å². The zero-order valence-corrected chi connectivity index (χ0v) is 17.0. The van der Waals surface area contributed by atoms with E-state index in [0.29, 0.717) is 34.6 Å². The zero-order chi connectivity index (χ0) is 20.8. The van der Waals surface area contributed by atoms with Gasteiger partial charge in [-0.05, 0) is 25.1 Å². The molecular weight excluding hydrogens is 370 g/mol. The Morgan fingerprint density at radius 3 is 2.62 bits per heavy atom. The van der Waals surface area contributed by atoms with Crippen molar-refractivity contribution in [1.82, 2.24) is 5.32 Å². The zero-order valence-electron chi connectivity index (χ0n) is 17.0. The van der Waals surface area contributed by atoms with Crippen molar-refractivity contribution >= 4 is 16.9 Å². The lowest BCUT2D eigenvalue weighted by Gasteiger charge is -2.15. The summed E-state index contributed by atoms with van der Waals surface area (Å²) in [5, 5.41) is 13.8. The van der Waals surface area contributed by atoms with E-state index in [4.69, 9.17) is 13.9 Å². The maximum Gasteiger partial charge on any atom is 0.342 e. The summed E-state index contributed by atoms with van der Waals surface area (Å²) >= 11 is 0. The highest BCUT2D eigenvalue weighted by molar-refractivity contribution is 6.09. The van der Waals surface area contributed by atoms with Crippen LogP contribution in [0.15, 0.2) is 52.9 Å². The molecule has 0 radical (unpaired) electrons. The number of nitrogens with one attached hydrogen (secondary N) is 1. The lowest BCUT2D eigenvalue weighted by molar-refractivity contribution is 0.0528. The molecule has 0 spiro atoms. The highest BCUT2D eigenvalue weighted by Crippen LogP contribution is 2.36. The summed E-state index contributed by atoms with van der Waals surface area (Å²) < 4.78 is 17.0. The first-order valence-electron chi connectivity index (χ1n) is 9.83. The third-order valence-electron chi connectivity index (χ3n) is 4.38. The Morgan fingerprint density at radius 2 is 1.93 bits per heavy atom. The molecule has 154 valence electrons. The molecule has 2 aromatic carbocycles. The van der Waals surface area contributed by atoms with Crippen LogP contribution in [0.4, 0.5) is 0 Å². The number of rotatable bonds is 9. The van der Waals surface area contributed by atoms with Crippen LogP contribution >= 0.6 is 0 Å². The van der Waals surface area contributed by atoms with Gasteiger partial charge in [0.25, 0.3) is 0 Å². The molecule has 3 aromatic rings. The van der Waals surface area contributed by atoms with Crippen molar-refractivity contribution in [3.8, 4) is 17.1 Å². The average molecular weight is 397 g/mol. The Morgan fingerprint density at radius 1 is 1.17 bits per heavy atom. The molecule has 6 heteroatoms. The molecule has 1 unspecified atom stereocenters. The Kier molecular flexibility index (Phi) is 6.90. The second-order valence-corrected chi connectivity index (χ2v) is 7.08. The van der Waals surface area contributed by atoms with Crippen molar-refractivity contribution in [1.29, 1.82) is 0 Å². The molecule has 2 N–H and O–H groups in total. The lowest BCUT2D eigenvalue weighted by atomic mass is 10.1. The number of fused-ring (bicyclic) bond motifs is 1. The summed E-state index contributed by atoms with van der Waals surface area (Å²) in [4.78, 5) is 12.7. The Bertz CT molecular complexity index is 949. The van der Waals surface area contributed by atoms with Gasteiger partial charge in [0.05, 0.1) is 6.61 Å². The molecule has 29 heavy (non-hydrogen) atoms. The van der Waals surface area contributed by atoms with Gasteiger partial charge in [-0.1, -0.05) is 44.2 Å². The van der Waals surface area contributed by atoms with Gasteiger partial charge in [-0.2, -0.15) is 0 Å². The van der Waals surface area contributed by atoms with Gasteiger partial charge in [0.2, 0.25) is 0 Å². The maximum atomic E-state index is 12.7. The number of aliphatic hydroxyl groups excluding tert-OH is 1. The minimum atomic E-state index is -0.637. The molecule has 1 aromatic heterocycles. The highest BCUT2D eigenvalue weighted by atomic mass is 16.5. The topological polar surface area (TPSA) is 80.9 Å². The van der Waals surface area contributed by atoms with E-state index in [1.807, 2.05) is 44.2 Å². The van der Waals surface area contributed by atoms with Crippen LogP contribution in [-0.4, -0.2) is 43.0 Å². The molecule has 0 aliphatic heterocycles. The van der Waals surface area contributed by atoms with E-state index >= 15 is 0 Å². The Labute approximate surface area is 170 Å². The van der Waals surface area contributed by atoms with Crippen molar-refractivity contribution in [3.63, 3.8) is 0 Å². The molecule has 0 bridgehead atoms. The van der Waals surface area contributed by atoms with E-state index in [9.17, 15) is 9.90 Å². The van der Waals surface area contributed by atoms with Crippen molar-refractivity contribution < 1.29 is 23.8 Å². The Hall–Kier alpha value is -2.83. The minimum Gasteiger partial charge on any atom is -0.491 e. The minimum absolute atomic E-state index is 0.142. The molecule has 0 aliphatic rings. The normalized spacial score (nSPS) is 12.3. The van der Waals surface area contributed by atoms with Gasteiger partial charge in [-0.3, -0.25) is 0 Å². The fraction of sp³-hybridized carbons (Fsp3) is 0.348. The van der Waals surface area contributed by atoms with Gasteiger partial charge in [-0.25, -0.2) is 4.79 Å². The standard InChI is InChI=1S/C23H27NO5/c1-4-27-23(26)21-19-12-18(28-14-17(25)13-24-15(2)3)10-11-20(19)29-22(21)16-8-6-5-7-9-16/h5-12,15,17,24-25H,4,13-14H2,1-3H3. The summed E-state index contributed by atoms with van der Waals surface area (Å²) in [5.41, 5.74) is 1.74. The average Bonchev–Trinajstić information content (AvgIpc) is 3.10. The number of ether oxygens (including phenoxy) is 2. The van der Waals surface area contributed by atoms with Crippen LogP contribution < -0.4 is 10.1 Å². The number of carbonyl (C=O) groups is 1. The molecular formula is C23H27NO5. The summed E-state index contributed by atoms with van der Waals surface area (Å²) in [6.45, 7) is 6.65. The first-order chi connectivity index (χ1) is 14.0. The predicted octanol–water partition coefficient (Wildman–Crippen LogP) is 4.01. The van der Waals surface area contributed by atoms with Crippen LogP contribution in [0, 0.1) is 0 Å². The van der Waals surface area contributed by atoms with Crippen molar-refractivity contribution in [3.05, 3.63) is 54.1 Å². The molecule has 6 nitrogen and oxygen atoms in total. The first kappa shape index (κ1) is 20.9. The lowest BCUT2D eigenvalue weighted by Crippen LogP contribution is -2.35. The van der Waals surface area contributed by atoms with Gasteiger partial charge in [0, 0.05) is 23.5 Å². The van der Waals surface area contributed by atoms with Crippen LogP contribution in [0.25, 0.3) is 22.3 Å². The van der Waals surface area contributed by atoms with Crippen LogP contribution in [-0.2, 0) is 4.74 Å². The van der Waals surface area contributed by atoms with Gasteiger partial charge in [-0.15, -0.1) is 0 Å². The fourth-order valence-corrected chi connectivity index (χ4v) is 2.99. The second-order valence-electron chi connectivity index (χ2n) is 7.08. The quantitative estimate of drug-likeness (QED) is 0.531. The largest absolute Gasteiger partial charge is 0.491 e. The fourth-order valence-electron chi connectivity index (χ4n) is 2.99. The third kappa shape index (κ3) is 5.16. The number of esters is 1. The van der Waals surface area contributed by atoms with Crippen molar-refractivity contribution in [2.24, 2.45) is 0 Å². The summed E-state index contributed by atoms with van der Waals surface area (Å²) in [7, 11) is 0. The molecule has 1 atom stereocenters. The smallest absolute Gasteiger partial charge is 0.342 e. The molecule has 1 heterocycles. The molecule has 0 fully saturated rings. The third-order valence-corrected chi connectivity index (χ3v) is 4.38. The van der Waals surface area contributed by atoms with E-state index in [1.54, 1.807) is 25.1 Å². The molecule has 0 saturated carbocycles. The van der Waals surface area contributed by atoms with Gasteiger partial charge >= 0.3 is 5.97 Å². The van der Waals surface area contributed by atoms with Crippen LogP contribution in [0.2, 0.25) is 0 Å². The van der Waals surface area contributed by atoms with Crippen LogP contribution in [0.3, 0.4) is 0 Å². The van der Waals surface area contributed by atoms with Crippen molar-refractivity contribution in [2.75, 3.05) is 19.8 Å². The summed E-state index contributed by atoms with van der Waals surface area (Å²) in [6.07, 6.45) is -0.637. The van der Waals surface area contributed by atoms with E-state index in [2.05, 4.69) is 5.32 Å². The second kappa shape index (κ2) is 9.58. The molecule has 3 rings (SSSR count). The SMILES string of the molecule is CCOC(=O)c1c(-c2ccccc2)oc2ccc(OCC(O)CNC(C)C)cc12. The monoisotopic (exact) mass is 397 g/mol. The van der Waals surface area contributed by atoms with E-state index < -0.39 is 12.1 Å². The number of aliphatic hydroxyl groups is 1. The Balaban J connectivity index is 1.90. The number of furan rings is 1. The molecule has 0 saturated heterocycles. The van der Waals surface area contributed by atoms with Crippen LogP contribution in [0.1, 0.15) is 31.1 Å². The summed E-state index contributed by atoms with van der Waals surface area (Å²) in [6, 6.07) is 15.0.